The number of nitrogens with zero attached hydrogens (tertiary/aromatic N) is 5. The van der Waals surface area contributed by atoms with Crippen LogP contribution >= 0.6 is 0 Å². The Kier molecular flexibility index (Phi) is 5.54. The lowest BCUT2D eigenvalue weighted by molar-refractivity contribution is 0.0628. The van der Waals surface area contributed by atoms with Gasteiger partial charge < -0.3 is 9.80 Å². The van der Waals surface area contributed by atoms with Crippen molar-refractivity contribution in [1.29, 1.82) is 5.26 Å². The van der Waals surface area contributed by atoms with E-state index in [0.29, 0.717) is 5.56 Å². The molecule has 1 aromatic carbocycles. The van der Waals surface area contributed by atoms with Gasteiger partial charge in [0, 0.05) is 52.0 Å². The lowest BCUT2D eigenvalue weighted by Crippen LogP contribution is -2.48. The van der Waals surface area contributed by atoms with Crippen LogP contribution in [0, 0.1) is 11.3 Å². The third-order valence-electron chi connectivity index (χ3n) is 5.57. The first-order chi connectivity index (χ1) is 13.7. The number of hydrogen-bond donors (Lipinski definition) is 0. The first kappa shape index (κ1) is 18.5. The predicted molar refractivity (Wildman–Crippen MR) is 108 cm³/mol. The molecule has 2 aliphatic rings. The highest BCUT2D eigenvalue weighted by Crippen LogP contribution is 2.23. The maximum absolute atomic E-state index is 13.1. The van der Waals surface area contributed by atoms with Crippen LogP contribution in [0.4, 0.5) is 5.82 Å². The van der Waals surface area contributed by atoms with Gasteiger partial charge in [-0.05, 0) is 42.7 Å². The number of carbonyl (C=O) groups is 1. The summed E-state index contributed by atoms with van der Waals surface area (Å²) in [7, 11) is 0. The minimum atomic E-state index is 0.0908. The molecule has 4 rings (SSSR count). The number of piperazine rings is 1. The Balaban J connectivity index is 1.37. The Bertz CT molecular complexity index is 859. The molecule has 2 aliphatic heterocycles. The van der Waals surface area contributed by atoms with Crippen LogP contribution in [0.2, 0.25) is 0 Å². The van der Waals surface area contributed by atoms with Crippen LogP contribution in [0.15, 0.2) is 42.6 Å². The minimum absolute atomic E-state index is 0.0908. The number of rotatable bonds is 4. The zero-order chi connectivity index (χ0) is 19.3. The molecule has 1 amide bonds. The van der Waals surface area contributed by atoms with Crippen LogP contribution in [0.25, 0.3) is 0 Å². The van der Waals surface area contributed by atoms with Gasteiger partial charge in [-0.25, -0.2) is 4.98 Å². The number of benzene rings is 1. The highest BCUT2D eigenvalue weighted by molar-refractivity contribution is 5.99. The summed E-state index contributed by atoms with van der Waals surface area (Å²) in [6.45, 7) is 5.97. The predicted octanol–water partition coefficient (Wildman–Crippen LogP) is 2.51. The van der Waals surface area contributed by atoms with E-state index in [1.165, 1.54) is 5.56 Å². The summed E-state index contributed by atoms with van der Waals surface area (Å²) in [5.74, 6) is 0.929. The van der Waals surface area contributed by atoms with Crippen LogP contribution in [0.3, 0.4) is 0 Å². The topological polar surface area (TPSA) is 63.5 Å². The second-order valence-corrected chi connectivity index (χ2v) is 7.45. The smallest absolute Gasteiger partial charge is 0.257 e. The van der Waals surface area contributed by atoms with E-state index in [0.717, 1.165) is 70.0 Å². The summed E-state index contributed by atoms with van der Waals surface area (Å²) in [5.41, 5.74) is 2.61. The molecule has 0 saturated carbocycles. The van der Waals surface area contributed by atoms with Crippen molar-refractivity contribution in [2.75, 3.05) is 44.2 Å². The average Bonchev–Trinajstić information content (AvgIpc) is 3.29. The highest BCUT2D eigenvalue weighted by Gasteiger charge is 2.26. The zero-order valence-corrected chi connectivity index (χ0v) is 16.0. The number of nitriles is 1. The van der Waals surface area contributed by atoms with E-state index in [9.17, 15) is 4.79 Å². The monoisotopic (exact) mass is 375 g/mol. The van der Waals surface area contributed by atoms with Crippen molar-refractivity contribution >= 4 is 11.7 Å². The molecule has 3 heterocycles. The molecule has 0 bridgehead atoms. The number of hydrogen-bond acceptors (Lipinski definition) is 5. The summed E-state index contributed by atoms with van der Waals surface area (Å²) in [5, 5.41) is 8.91. The van der Waals surface area contributed by atoms with Gasteiger partial charge >= 0.3 is 0 Å². The Morgan fingerprint density at radius 1 is 1.00 bits per heavy atom. The SMILES string of the molecule is N#Cc1ccc(CN2CCN(C(=O)c3cccnc3N3CCCC3)CC2)cc1. The molecule has 6 heteroatoms. The largest absolute Gasteiger partial charge is 0.356 e. The summed E-state index contributed by atoms with van der Waals surface area (Å²) >= 11 is 0. The molecule has 0 radical (unpaired) electrons. The molecule has 2 fully saturated rings. The zero-order valence-electron chi connectivity index (χ0n) is 16.0. The minimum Gasteiger partial charge on any atom is -0.356 e. The van der Waals surface area contributed by atoms with E-state index in [1.54, 1.807) is 6.20 Å². The standard InChI is InChI=1S/C22H25N5O/c23-16-18-5-7-19(8-6-18)17-25-12-14-27(15-13-25)22(28)20-4-3-9-24-21(20)26-10-1-2-11-26/h3-9H,1-2,10-15,17H2. The average molecular weight is 375 g/mol. The van der Waals surface area contributed by atoms with Crippen LogP contribution in [0.5, 0.6) is 0 Å². The summed E-state index contributed by atoms with van der Waals surface area (Å²) in [6.07, 6.45) is 4.11. The van der Waals surface area contributed by atoms with E-state index < -0.39 is 0 Å². The molecule has 0 N–H and O–H groups in total. The van der Waals surface area contributed by atoms with Gasteiger partial charge in [0.15, 0.2) is 0 Å². The van der Waals surface area contributed by atoms with E-state index in [2.05, 4.69) is 20.9 Å². The quantitative estimate of drug-likeness (QED) is 0.822. The Morgan fingerprint density at radius 3 is 2.39 bits per heavy atom. The van der Waals surface area contributed by atoms with Crippen LogP contribution in [-0.2, 0) is 6.54 Å². The fraction of sp³-hybridized carbons (Fsp3) is 0.409. The lowest BCUT2D eigenvalue weighted by atomic mass is 10.1. The van der Waals surface area contributed by atoms with Crippen molar-refractivity contribution in [3.8, 4) is 6.07 Å². The third-order valence-corrected chi connectivity index (χ3v) is 5.57. The molecular weight excluding hydrogens is 350 g/mol. The second-order valence-electron chi connectivity index (χ2n) is 7.45. The van der Waals surface area contributed by atoms with Gasteiger partial charge in [-0.1, -0.05) is 12.1 Å². The molecule has 0 unspecified atom stereocenters. The van der Waals surface area contributed by atoms with Gasteiger partial charge in [0.1, 0.15) is 5.82 Å². The fourth-order valence-electron chi connectivity index (χ4n) is 3.97. The first-order valence-corrected chi connectivity index (χ1v) is 9.95. The molecule has 0 atom stereocenters. The van der Waals surface area contributed by atoms with Crippen molar-refractivity contribution in [3.63, 3.8) is 0 Å². The van der Waals surface area contributed by atoms with Gasteiger partial charge in [0.2, 0.25) is 0 Å². The summed E-state index contributed by atoms with van der Waals surface area (Å²) in [6, 6.07) is 13.6. The van der Waals surface area contributed by atoms with E-state index in [4.69, 9.17) is 5.26 Å². The normalized spacial score (nSPS) is 17.5. The third kappa shape index (κ3) is 4.00. The number of pyridine rings is 1. The molecule has 144 valence electrons. The number of anilines is 1. The summed E-state index contributed by atoms with van der Waals surface area (Å²) < 4.78 is 0. The fourth-order valence-corrected chi connectivity index (χ4v) is 3.97. The summed E-state index contributed by atoms with van der Waals surface area (Å²) in [4.78, 5) is 24.2. The van der Waals surface area contributed by atoms with E-state index in [-0.39, 0.29) is 5.91 Å². The van der Waals surface area contributed by atoms with E-state index in [1.807, 2.05) is 41.3 Å². The van der Waals surface area contributed by atoms with Crippen molar-refractivity contribution in [2.45, 2.75) is 19.4 Å². The molecule has 0 spiro atoms. The number of carbonyl (C=O) groups excluding carboxylic acids is 1. The van der Waals surface area contributed by atoms with Crippen LogP contribution in [-0.4, -0.2) is 60.0 Å². The molecule has 2 aromatic rings. The Labute approximate surface area is 166 Å². The first-order valence-electron chi connectivity index (χ1n) is 9.95. The van der Waals surface area contributed by atoms with Gasteiger partial charge in [-0.2, -0.15) is 5.26 Å². The van der Waals surface area contributed by atoms with Crippen molar-refractivity contribution in [3.05, 3.63) is 59.3 Å². The van der Waals surface area contributed by atoms with Crippen molar-refractivity contribution in [1.82, 2.24) is 14.8 Å². The van der Waals surface area contributed by atoms with Gasteiger partial charge in [0.25, 0.3) is 5.91 Å². The maximum atomic E-state index is 13.1. The van der Waals surface area contributed by atoms with E-state index >= 15 is 0 Å². The molecule has 28 heavy (non-hydrogen) atoms. The number of aromatic nitrogens is 1. The van der Waals surface area contributed by atoms with Gasteiger partial charge in [-0.15, -0.1) is 0 Å². The lowest BCUT2D eigenvalue weighted by Gasteiger charge is -2.35. The van der Waals surface area contributed by atoms with Crippen LogP contribution < -0.4 is 4.90 Å². The Hall–Kier alpha value is -2.91. The maximum Gasteiger partial charge on any atom is 0.257 e. The number of amides is 1. The Morgan fingerprint density at radius 2 is 1.71 bits per heavy atom. The highest BCUT2D eigenvalue weighted by atomic mass is 16.2. The molecule has 6 nitrogen and oxygen atoms in total. The molecule has 0 aliphatic carbocycles. The molecular formula is C22H25N5O. The van der Waals surface area contributed by atoms with Crippen molar-refractivity contribution in [2.24, 2.45) is 0 Å². The molecule has 2 saturated heterocycles. The second kappa shape index (κ2) is 8.41. The van der Waals surface area contributed by atoms with Gasteiger partial charge in [-0.3, -0.25) is 9.69 Å². The van der Waals surface area contributed by atoms with Gasteiger partial charge in [0.05, 0.1) is 17.2 Å². The van der Waals surface area contributed by atoms with Crippen molar-refractivity contribution < 1.29 is 4.79 Å². The molecule has 1 aromatic heterocycles. The van der Waals surface area contributed by atoms with Crippen LogP contribution in [0.1, 0.15) is 34.3 Å².